The van der Waals surface area contributed by atoms with Gasteiger partial charge in [0.1, 0.15) is 11.2 Å². The van der Waals surface area contributed by atoms with Gasteiger partial charge in [0.2, 0.25) is 0 Å². The number of nitrogens with zero attached hydrogens (tertiary/aromatic N) is 1. The van der Waals surface area contributed by atoms with Gasteiger partial charge in [-0.05, 0) is 44.0 Å². The minimum absolute atomic E-state index is 0.0418. The van der Waals surface area contributed by atoms with Gasteiger partial charge in [0.15, 0.2) is 17.3 Å². The van der Waals surface area contributed by atoms with Gasteiger partial charge in [-0.15, -0.1) is 0 Å². The van der Waals surface area contributed by atoms with E-state index in [1.54, 1.807) is 18.2 Å². The van der Waals surface area contributed by atoms with Crippen LogP contribution in [0.15, 0.2) is 22.6 Å². The van der Waals surface area contributed by atoms with Crippen LogP contribution >= 0.6 is 0 Å². The summed E-state index contributed by atoms with van der Waals surface area (Å²) in [7, 11) is 0. The molecule has 26 heavy (non-hydrogen) atoms. The van der Waals surface area contributed by atoms with Crippen molar-refractivity contribution in [2.45, 2.75) is 47.0 Å². The maximum atomic E-state index is 12.7. The normalized spacial score (nSPS) is 11.3. The molecule has 0 fully saturated rings. The third kappa shape index (κ3) is 3.14. The van der Waals surface area contributed by atoms with Crippen molar-refractivity contribution in [3.05, 3.63) is 46.6 Å². The molecule has 0 radical (unpaired) electrons. The van der Waals surface area contributed by atoms with Gasteiger partial charge in [0.25, 0.3) is 5.91 Å². The summed E-state index contributed by atoms with van der Waals surface area (Å²) >= 11 is 0. The van der Waals surface area contributed by atoms with Crippen LogP contribution in [0.5, 0.6) is 0 Å². The first-order valence-electron chi connectivity index (χ1n) is 8.76. The van der Waals surface area contributed by atoms with E-state index in [-0.39, 0.29) is 17.6 Å². The van der Waals surface area contributed by atoms with E-state index in [1.165, 1.54) is 6.92 Å². The Labute approximate surface area is 152 Å². The van der Waals surface area contributed by atoms with E-state index in [0.29, 0.717) is 46.0 Å². The number of amides is 1. The lowest BCUT2D eigenvalue weighted by Gasteiger charge is -2.06. The Bertz CT molecular complexity index is 995. The molecule has 1 aromatic carbocycles. The topological polar surface area (TPSA) is 88.0 Å². The van der Waals surface area contributed by atoms with Gasteiger partial charge >= 0.3 is 0 Å². The standard InChI is InChI=1S/C20H23N3O3/c1-6-14-17(12(5)24)11(4)21-18(14)19(25)22-13-7-8-16-15(9-13)23-20(26-16)10(2)3/h7-10,21H,6H2,1-5H3,(H,22,25). The molecule has 0 spiro atoms. The number of carbonyl (C=O) groups excluding carboxylic acids is 2. The molecule has 6 heteroatoms. The average molecular weight is 353 g/mol. The molecule has 6 nitrogen and oxygen atoms in total. The Morgan fingerprint density at radius 3 is 2.65 bits per heavy atom. The zero-order chi connectivity index (χ0) is 19.0. The van der Waals surface area contributed by atoms with Gasteiger partial charge < -0.3 is 14.7 Å². The summed E-state index contributed by atoms with van der Waals surface area (Å²) in [6.07, 6.45) is 0.599. The Balaban J connectivity index is 1.92. The molecule has 3 aromatic rings. The summed E-state index contributed by atoms with van der Waals surface area (Å²) in [5, 5.41) is 2.88. The molecule has 0 aliphatic heterocycles. The molecule has 0 saturated heterocycles. The molecular formula is C20H23N3O3. The summed E-state index contributed by atoms with van der Waals surface area (Å²) < 4.78 is 5.69. The molecule has 0 bridgehead atoms. The van der Waals surface area contributed by atoms with Crippen LogP contribution in [0.2, 0.25) is 0 Å². The van der Waals surface area contributed by atoms with Crippen LogP contribution in [0.1, 0.15) is 71.6 Å². The number of fused-ring (bicyclic) bond motifs is 1. The second kappa shape index (κ2) is 6.78. The number of aromatic amines is 1. The largest absolute Gasteiger partial charge is 0.440 e. The fourth-order valence-corrected chi connectivity index (χ4v) is 3.16. The fourth-order valence-electron chi connectivity index (χ4n) is 3.16. The second-order valence-electron chi connectivity index (χ2n) is 6.73. The number of anilines is 1. The lowest BCUT2D eigenvalue weighted by atomic mass is 10.0. The maximum Gasteiger partial charge on any atom is 0.272 e. The highest BCUT2D eigenvalue weighted by Gasteiger charge is 2.22. The van der Waals surface area contributed by atoms with Gasteiger partial charge in [0.05, 0.1) is 0 Å². The van der Waals surface area contributed by atoms with E-state index in [9.17, 15) is 9.59 Å². The number of hydrogen-bond donors (Lipinski definition) is 2. The summed E-state index contributed by atoms with van der Waals surface area (Å²) in [4.78, 5) is 32.1. The van der Waals surface area contributed by atoms with Crippen molar-refractivity contribution in [2.24, 2.45) is 0 Å². The summed E-state index contributed by atoms with van der Waals surface area (Å²) in [5.74, 6) is 0.548. The number of Topliss-reactive ketones (excluding diaryl/α,β-unsaturated/α-hetero) is 1. The van der Waals surface area contributed by atoms with Crippen molar-refractivity contribution < 1.29 is 14.0 Å². The number of nitrogens with one attached hydrogen (secondary N) is 2. The van der Waals surface area contributed by atoms with E-state index in [1.807, 2.05) is 27.7 Å². The van der Waals surface area contributed by atoms with Crippen molar-refractivity contribution in [1.82, 2.24) is 9.97 Å². The minimum Gasteiger partial charge on any atom is -0.440 e. The first kappa shape index (κ1) is 17.9. The predicted molar refractivity (Wildman–Crippen MR) is 101 cm³/mol. The third-order valence-corrected chi connectivity index (χ3v) is 4.38. The predicted octanol–water partition coefficient (Wildman–Crippen LogP) is 4.61. The van der Waals surface area contributed by atoms with Gasteiger partial charge in [0, 0.05) is 22.9 Å². The summed E-state index contributed by atoms with van der Waals surface area (Å²) in [6.45, 7) is 9.28. The molecule has 1 amide bonds. The maximum absolute atomic E-state index is 12.7. The number of aryl methyl sites for hydroxylation is 1. The number of H-pyrrole nitrogens is 1. The van der Waals surface area contributed by atoms with Crippen LogP contribution in [-0.2, 0) is 6.42 Å². The molecule has 0 unspecified atom stereocenters. The Hall–Kier alpha value is -2.89. The molecule has 136 valence electrons. The number of hydrogen-bond acceptors (Lipinski definition) is 4. The molecule has 2 aromatic heterocycles. The van der Waals surface area contributed by atoms with Crippen LogP contribution in [0.3, 0.4) is 0 Å². The van der Waals surface area contributed by atoms with E-state index in [4.69, 9.17) is 4.42 Å². The summed E-state index contributed by atoms with van der Waals surface area (Å²) in [5.41, 5.74) is 4.52. The van der Waals surface area contributed by atoms with Crippen molar-refractivity contribution in [3.63, 3.8) is 0 Å². The van der Waals surface area contributed by atoms with Crippen LogP contribution in [0.4, 0.5) is 5.69 Å². The SMILES string of the molecule is CCc1c(C(=O)Nc2ccc3oc(C(C)C)nc3c2)[nH]c(C)c1C(C)=O. The number of carbonyl (C=O) groups is 2. The van der Waals surface area contributed by atoms with E-state index in [2.05, 4.69) is 15.3 Å². The zero-order valence-electron chi connectivity index (χ0n) is 15.7. The van der Waals surface area contributed by atoms with E-state index in [0.717, 1.165) is 5.56 Å². The van der Waals surface area contributed by atoms with E-state index < -0.39 is 0 Å². The van der Waals surface area contributed by atoms with Gasteiger partial charge in [-0.25, -0.2) is 4.98 Å². The molecule has 0 atom stereocenters. The average Bonchev–Trinajstić information content (AvgIpc) is 3.14. The first-order valence-corrected chi connectivity index (χ1v) is 8.76. The Kier molecular flexibility index (Phi) is 4.68. The van der Waals surface area contributed by atoms with Crippen molar-refractivity contribution in [1.29, 1.82) is 0 Å². The fraction of sp³-hybridized carbons (Fsp3) is 0.350. The lowest BCUT2D eigenvalue weighted by Crippen LogP contribution is -2.14. The number of oxazole rings is 1. The number of rotatable bonds is 5. The van der Waals surface area contributed by atoms with Crippen molar-refractivity contribution in [2.75, 3.05) is 5.32 Å². The second-order valence-corrected chi connectivity index (χ2v) is 6.73. The van der Waals surface area contributed by atoms with Crippen LogP contribution in [0, 0.1) is 6.92 Å². The third-order valence-electron chi connectivity index (χ3n) is 4.38. The molecule has 2 N–H and O–H groups in total. The molecule has 0 aliphatic carbocycles. The van der Waals surface area contributed by atoms with Crippen LogP contribution in [-0.4, -0.2) is 21.7 Å². The summed E-state index contributed by atoms with van der Waals surface area (Å²) in [6, 6.07) is 5.37. The first-order chi connectivity index (χ1) is 12.3. The highest BCUT2D eigenvalue weighted by atomic mass is 16.3. The van der Waals surface area contributed by atoms with Crippen LogP contribution in [0.25, 0.3) is 11.1 Å². The molecule has 0 saturated carbocycles. The number of aromatic nitrogens is 2. The molecule has 3 rings (SSSR count). The minimum atomic E-state index is -0.274. The highest BCUT2D eigenvalue weighted by molar-refractivity contribution is 6.08. The quantitative estimate of drug-likeness (QED) is 0.656. The Morgan fingerprint density at radius 1 is 1.31 bits per heavy atom. The van der Waals surface area contributed by atoms with E-state index >= 15 is 0 Å². The van der Waals surface area contributed by atoms with Gasteiger partial charge in [-0.3, -0.25) is 9.59 Å². The molecule has 0 aliphatic rings. The molecular weight excluding hydrogens is 330 g/mol. The van der Waals surface area contributed by atoms with Crippen molar-refractivity contribution >= 4 is 28.5 Å². The smallest absolute Gasteiger partial charge is 0.272 e. The highest BCUT2D eigenvalue weighted by Crippen LogP contribution is 2.25. The molecule has 2 heterocycles. The lowest BCUT2D eigenvalue weighted by molar-refractivity contribution is 0.101. The number of ketones is 1. The van der Waals surface area contributed by atoms with Crippen molar-refractivity contribution in [3.8, 4) is 0 Å². The van der Waals surface area contributed by atoms with Gasteiger partial charge in [-0.1, -0.05) is 20.8 Å². The Morgan fingerprint density at radius 2 is 2.04 bits per heavy atom. The number of benzene rings is 1. The zero-order valence-corrected chi connectivity index (χ0v) is 15.7. The monoisotopic (exact) mass is 353 g/mol. The van der Waals surface area contributed by atoms with Gasteiger partial charge in [-0.2, -0.15) is 0 Å². The van der Waals surface area contributed by atoms with Crippen LogP contribution < -0.4 is 5.32 Å².